The number of alkyl halides is 3. The molecule has 1 aliphatic heterocycles. The molecule has 13 heteroatoms. The smallest absolute Gasteiger partial charge is 0.302 e. The average Bonchev–Trinajstić information content (AvgIpc) is 3.00. The lowest BCUT2D eigenvalue weighted by Gasteiger charge is -2.28. The van der Waals surface area contributed by atoms with Crippen LogP contribution in [0.25, 0.3) is 5.82 Å². The first-order chi connectivity index (χ1) is 13.1. The maximum atomic E-state index is 13.4. The number of nitriles is 1. The number of hydrazine groups is 1. The number of aromatic nitrogens is 3. The van der Waals surface area contributed by atoms with E-state index < -0.39 is 32.4 Å². The van der Waals surface area contributed by atoms with Crippen molar-refractivity contribution in [2.24, 2.45) is 0 Å². The van der Waals surface area contributed by atoms with E-state index in [4.69, 9.17) is 0 Å². The van der Waals surface area contributed by atoms with Crippen LogP contribution in [0.3, 0.4) is 0 Å². The lowest BCUT2D eigenvalue weighted by Crippen LogP contribution is -2.36. The number of pyridine rings is 1. The fraction of sp³-hybridized carbons (Fsp3) is 0.400. The number of hydrogen-bond donors (Lipinski definition) is 2. The molecular weight excluding hydrogens is 401 g/mol. The summed E-state index contributed by atoms with van der Waals surface area (Å²) in [7, 11) is -4.61. The first kappa shape index (κ1) is 20.1. The quantitative estimate of drug-likeness (QED) is 0.727. The molecule has 2 N–H and O–H groups in total. The van der Waals surface area contributed by atoms with Gasteiger partial charge in [-0.3, -0.25) is 4.55 Å². The zero-order valence-electron chi connectivity index (χ0n) is 14.3. The van der Waals surface area contributed by atoms with E-state index in [-0.39, 0.29) is 11.6 Å². The molecule has 0 radical (unpaired) electrons. The van der Waals surface area contributed by atoms with Crippen LogP contribution in [0.15, 0.2) is 23.2 Å². The van der Waals surface area contributed by atoms with E-state index in [1.165, 1.54) is 6.07 Å². The van der Waals surface area contributed by atoms with Crippen molar-refractivity contribution < 1.29 is 26.1 Å². The molecule has 28 heavy (non-hydrogen) atoms. The first-order valence-electron chi connectivity index (χ1n) is 8.17. The van der Waals surface area contributed by atoms with Gasteiger partial charge in [0.25, 0.3) is 10.1 Å². The van der Waals surface area contributed by atoms with Crippen molar-refractivity contribution in [1.82, 2.24) is 19.8 Å². The second-order valence-corrected chi connectivity index (χ2v) is 7.50. The summed E-state index contributed by atoms with van der Waals surface area (Å²) in [5.41, 5.74) is 0.616. The maximum Gasteiger partial charge on any atom is 0.436 e. The number of anilines is 1. The van der Waals surface area contributed by atoms with Crippen LogP contribution >= 0.6 is 0 Å². The van der Waals surface area contributed by atoms with Gasteiger partial charge >= 0.3 is 6.18 Å². The highest BCUT2D eigenvalue weighted by Gasteiger charge is 2.40. The van der Waals surface area contributed by atoms with Crippen molar-refractivity contribution in [2.45, 2.75) is 30.3 Å². The minimum absolute atomic E-state index is 0.281. The second-order valence-electron chi connectivity index (χ2n) is 6.08. The van der Waals surface area contributed by atoms with Crippen molar-refractivity contribution >= 4 is 15.9 Å². The van der Waals surface area contributed by atoms with Crippen molar-refractivity contribution in [3.05, 3.63) is 29.6 Å². The van der Waals surface area contributed by atoms with Gasteiger partial charge in [0.05, 0.1) is 4.90 Å². The standard InChI is InChI=1S/C15H15F3N6O3S/c16-15(17,18)13-11(9-19)14(22-23-6-2-1-3-7-23)24(21-13)12-8-10(4-5-20-12)28(25,26)27/h4-5,8,22H,1-3,6-7H2,(H,25,26,27). The Bertz CT molecular complexity index is 1020. The van der Waals surface area contributed by atoms with Crippen LogP contribution in [0.5, 0.6) is 0 Å². The van der Waals surface area contributed by atoms with Gasteiger partial charge in [0.15, 0.2) is 17.3 Å². The topological polar surface area (TPSA) is 124 Å². The summed E-state index contributed by atoms with van der Waals surface area (Å²) in [4.78, 5) is 3.27. The van der Waals surface area contributed by atoms with Crippen molar-refractivity contribution in [3.63, 3.8) is 0 Å². The average molecular weight is 416 g/mol. The van der Waals surface area contributed by atoms with E-state index in [1.54, 1.807) is 5.01 Å². The summed E-state index contributed by atoms with van der Waals surface area (Å²) in [5, 5.41) is 14.4. The second kappa shape index (κ2) is 7.38. The molecule has 9 nitrogen and oxygen atoms in total. The fourth-order valence-electron chi connectivity index (χ4n) is 2.82. The summed E-state index contributed by atoms with van der Waals surface area (Å²) < 4.78 is 72.7. The molecule has 2 aromatic rings. The van der Waals surface area contributed by atoms with Gasteiger partial charge in [0.1, 0.15) is 11.6 Å². The minimum atomic E-state index is -4.91. The Morgan fingerprint density at radius 2 is 1.93 bits per heavy atom. The van der Waals surface area contributed by atoms with Gasteiger partial charge in [-0.25, -0.2) is 9.99 Å². The highest BCUT2D eigenvalue weighted by molar-refractivity contribution is 7.85. The van der Waals surface area contributed by atoms with Gasteiger partial charge in [-0.05, 0) is 18.9 Å². The van der Waals surface area contributed by atoms with Crippen LogP contribution in [-0.2, 0) is 16.3 Å². The predicted octanol–water partition coefficient (Wildman–Crippen LogP) is 2.22. The maximum absolute atomic E-state index is 13.4. The molecular formula is C15H15F3N6O3S. The molecule has 0 bridgehead atoms. The summed E-state index contributed by atoms with van der Waals surface area (Å²) in [5.74, 6) is -0.585. The van der Waals surface area contributed by atoms with Gasteiger partial charge in [-0.1, -0.05) is 6.42 Å². The lowest BCUT2D eigenvalue weighted by molar-refractivity contribution is -0.141. The molecule has 0 aliphatic carbocycles. The van der Waals surface area contributed by atoms with Crippen molar-refractivity contribution in [2.75, 3.05) is 18.5 Å². The lowest BCUT2D eigenvalue weighted by atomic mass is 10.2. The molecule has 0 amide bonds. The zero-order valence-corrected chi connectivity index (χ0v) is 15.1. The van der Waals surface area contributed by atoms with Crippen LogP contribution in [-0.4, -0.2) is 45.8 Å². The van der Waals surface area contributed by atoms with Crippen molar-refractivity contribution in [3.8, 4) is 11.9 Å². The minimum Gasteiger partial charge on any atom is -0.302 e. The number of halogens is 3. The molecule has 0 unspecified atom stereocenters. The number of hydrogen-bond acceptors (Lipinski definition) is 7. The summed E-state index contributed by atoms with van der Waals surface area (Å²) >= 11 is 0. The third-order valence-electron chi connectivity index (χ3n) is 4.12. The Balaban J connectivity index is 2.16. The van der Waals surface area contributed by atoms with Crippen molar-refractivity contribution in [1.29, 1.82) is 5.26 Å². The van der Waals surface area contributed by atoms with Crippen LogP contribution in [0, 0.1) is 11.3 Å². The predicted molar refractivity (Wildman–Crippen MR) is 89.9 cm³/mol. The van der Waals surface area contributed by atoms with E-state index in [0.717, 1.165) is 37.6 Å². The van der Waals surface area contributed by atoms with Gasteiger partial charge in [-0.15, -0.1) is 0 Å². The Morgan fingerprint density at radius 1 is 1.25 bits per heavy atom. The Morgan fingerprint density at radius 3 is 2.50 bits per heavy atom. The highest BCUT2D eigenvalue weighted by Crippen LogP contribution is 2.35. The first-order valence-corrected chi connectivity index (χ1v) is 9.61. The number of rotatable bonds is 4. The van der Waals surface area contributed by atoms with Gasteiger partial charge in [-0.2, -0.15) is 36.6 Å². The number of nitrogens with zero attached hydrogens (tertiary/aromatic N) is 5. The van der Waals surface area contributed by atoms with Gasteiger partial charge in [0.2, 0.25) is 0 Å². The molecule has 0 aromatic carbocycles. The summed E-state index contributed by atoms with van der Waals surface area (Å²) in [6, 6.07) is 3.36. The van der Waals surface area contributed by atoms with E-state index in [1.807, 2.05) is 0 Å². The third-order valence-corrected chi connectivity index (χ3v) is 4.97. The van der Waals surface area contributed by atoms with Gasteiger partial charge < -0.3 is 5.43 Å². The molecule has 3 rings (SSSR count). The Labute approximate surface area is 158 Å². The zero-order chi connectivity index (χ0) is 20.5. The SMILES string of the molecule is N#Cc1c(C(F)(F)F)nn(-c2cc(S(=O)(=O)O)ccn2)c1NN1CCCCC1. The molecule has 0 spiro atoms. The van der Waals surface area contributed by atoms with E-state index in [9.17, 15) is 31.4 Å². The van der Waals surface area contributed by atoms with E-state index in [0.29, 0.717) is 17.8 Å². The van der Waals surface area contributed by atoms with Crippen LogP contribution in [0.1, 0.15) is 30.5 Å². The number of nitrogens with one attached hydrogen (secondary N) is 1. The normalized spacial score (nSPS) is 16.0. The molecule has 150 valence electrons. The summed E-state index contributed by atoms with van der Waals surface area (Å²) in [6.07, 6.45) is -1.27. The van der Waals surface area contributed by atoms with E-state index >= 15 is 0 Å². The highest BCUT2D eigenvalue weighted by atomic mass is 32.2. The Kier molecular flexibility index (Phi) is 5.28. The van der Waals surface area contributed by atoms with E-state index in [2.05, 4.69) is 15.5 Å². The fourth-order valence-corrected chi connectivity index (χ4v) is 3.31. The molecule has 3 heterocycles. The summed E-state index contributed by atoms with van der Waals surface area (Å²) in [6.45, 7) is 1.10. The van der Waals surface area contributed by atoms with Gasteiger partial charge in [0, 0.05) is 25.4 Å². The monoisotopic (exact) mass is 416 g/mol. The molecule has 0 atom stereocenters. The molecule has 1 saturated heterocycles. The number of piperidine rings is 1. The largest absolute Gasteiger partial charge is 0.436 e. The molecule has 2 aromatic heterocycles. The molecule has 1 aliphatic rings. The third kappa shape index (κ3) is 4.08. The van der Waals surface area contributed by atoms with Crippen LogP contribution in [0.2, 0.25) is 0 Å². The molecule has 0 saturated carbocycles. The Hall–Kier alpha value is -2.69. The van der Waals surface area contributed by atoms with Crippen LogP contribution < -0.4 is 5.43 Å². The van der Waals surface area contributed by atoms with Crippen LogP contribution in [0.4, 0.5) is 19.0 Å². The molecule has 1 fully saturated rings.